The quantitative estimate of drug-likeness (QED) is 0.161. The Bertz CT molecular complexity index is 1030. The molecule has 0 aliphatic rings. The maximum Gasteiger partial charge on any atom is 0.277 e. The first kappa shape index (κ1) is 29.1. The Morgan fingerprint density at radius 3 is 1.86 bits per heavy atom. The number of unbranched alkanes of at least 4 members (excludes halogenated alkanes) is 5. The number of rotatable bonds is 14. The normalized spacial score (nSPS) is 12.7. The molecule has 0 atom stereocenters. The van der Waals surface area contributed by atoms with Crippen LogP contribution in [0.1, 0.15) is 133 Å². The van der Waals surface area contributed by atoms with Crippen LogP contribution in [0.3, 0.4) is 0 Å². The molecule has 5 heteroatoms. The van der Waals surface area contributed by atoms with Gasteiger partial charge in [0.05, 0.1) is 10.6 Å². The summed E-state index contributed by atoms with van der Waals surface area (Å²) in [6.07, 6.45) is 7.83. The molecule has 194 valence electrons. The number of sulfonamides is 1. The molecule has 0 saturated carbocycles. The molecule has 2 aromatic rings. The third kappa shape index (κ3) is 8.49. The number of benzene rings is 2. The lowest BCUT2D eigenvalue weighted by molar-refractivity contribution is 0.578. The highest BCUT2D eigenvalue weighted by molar-refractivity contribution is 7.89. The van der Waals surface area contributed by atoms with Gasteiger partial charge in [0.2, 0.25) is 0 Å². The summed E-state index contributed by atoms with van der Waals surface area (Å²) in [6.45, 7) is 14.7. The highest BCUT2D eigenvalue weighted by Crippen LogP contribution is 2.35. The predicted molar refractivity (Wildman–Crippen MR) is 150 cm³/mol. The van der Waals surface area contributed by atoms with Crippen LogP contribution in [0.2, 0.25) is 0 Å². The van der Waals surface area contributed by atoms with Crippen molar-refractivity contribution < 1.29 is 8.42 Å². The molecule has 0 fully saturated rings. The summed E-state index contributed by atoms with van der Waals surface area (Å²) in [6, 6.07) is 14.0. The first-order valence-corrected chi connectivity index (χ1v) is 14.9. The molecular formula is C30H46N2O2S. The van der Waals surface area contributed by atoms with E-state index >= 15 is 0 Å². The molecule has 0 amide bonds. The van der Waals surface area contributed by atoms with E-state index in [1.54, 1.807) is 0 Å². The van der Waals surface area contributed by atoms with Crippen LogP contribution in [0.4, 0.5) is 0 Å². The van der Waals surface area contributed by atoms with Crippen LogP contribution in [0.5, 0.6) is 0 Å². The smallest absolute Gasteiger partial charge is 0.200 e. The minimum absolute atomic E-state index is 0.0819. The monoisotopic (exact) mass is 498 g/mol. The molecule has 0 bridgehead atoms. The van der Waals surface area contributed by atoms with Crippen LogP contribution in [0, 0.1) is 0 Å². The molecule has 0 unspecified atom stereocenters. The molecule has 0 aromatic heterocycles. The van der Waals surface area contributed by atoms with Gasteiger partial charge in [-0.15, -0.1) is 0 Å². The fourth-order valence-corrected chi connectivity index (χ4v) is 5.86. The first-order chi connectivity index (χ1) is 16.6. The summed E-state index contributed by atoms with van der Waals surface area (Å²) in [5.41, 5.74) is 4.65. The highest BCUT2D eigenvalue weighted by Gasteiger charge is 2.27. The predicted octanol–water partition coefficient (Wildman–Crippen LogP) is 8.49. The van der Waals surface area contributed by atoms with Crippen molar-refractivity contribution >= 4 is 15.7 Å². The van der Waals surface area contributed by atoms with Crippen LogP contribution < -0.4 is 4.83 Å². The van der Waals surface area contributed by atoms with E-state index < -0.39 is 10.0 Å². The summed E-state index contributed by atoms with van der Waals surface area (Å²) in [5, 5.41) is 4.51. The van der Waals surface area contributed by atoms with Crippen molar-refractivity contribution in [2.75, 3.05) is 0 Å². The Balaban J connectivity index is 2.42. The molecule has 2 rings (SSSR count). The van der Waals surface area contributed by atoms with Gasteiger partial charge < -0.3 is 0 Å². The topological polar surface area (TPSA) is 58.5 Å². The van der Waals surface area contributed by atoms with Gasteiger partial charge in [0.25, 0.3) is 10.0 Å². The fourth-order valence-electron chi connectivity index (χ4n) is 4.33. The maximum atomic E-state index is 13.7. The lowest BCUT2D eigenvalue weighted by atomic mass is 9.89. The first-order valence-electron chi connectivity index (χ1n) is 13.4. The van der Waals surface area contributed by atoms with Crippen LogP contribution in [0.15, 0.2) is 52.5 Å². The third-order valence-electron chi connectivity index (χ3n) is 6.52. The Kier molecular flexibility index (Phi) is 11.5. The zero-order chi connectivity index (χ0) is 26.0. The summed E-state index contributed by atoms with van der Waals surface area (Å²) in [5.74, 6) is 0.492. The van der Waals surface area contributed by atoms with Crippen LogP contribution >= 0.6 is 0 Å². The minimum Gasteiger partial charge on any atom is -0.200 e. The lowest BCUT2D eigenvalue weighted by Gasteiger charge is -2.22. The number of nitrogens with one attached hydrogen (secondary N) is 1. The van der Waals surface area contributed by atoms with Crippen molar-refractivity contribution in [2.45, 2.75) is 116 Å². The number of hydrogen-bond acceptors (Lipinski definition) is 3. The summed E-state index contributed by atoms with van der Waals surface area (Å²) >= 11 is 0. The van der Waals surface area contributed by atoms with Crippen molar-refractivity contribution in [3.8, 4) is 0 Å². The number of nitrogens with zero attached hydrogens (tertiary/aromatic N) is 1. The molecular weight excluding hydrogens is 452 g/mol. The van der Waals surface area contributed by atoms with E-state index in [4.69, 9.17) is 0 Å². The van der Waals surface area contributed by atoms with E-state index in [-0.39, 0.29) is 11.8 Å². The highest BCUT2D eigenvalue weighted by atomic mass is 32.2. The van der Waals surface area contributed by atoms with E-state index in [0.717, 1.165) is 41.7 Å². The average Bonchev–Trinajstić information content (AvgIpc) is 2.82. The van der Waals surface area contributed by atoms with Gasteiger partial charge in [0.15, 0.2) is 0 Å². The Morgan fingerprint density at radius 1 is 0.800 bits per heavy atom. The van der Waals surface area contributed by atoms with Crippen molar-refractivity contribution in [3.05, 3.63) is 64.7 Å². The average molecular weight is 499 g/mol. The van der Waals surface area contributed by atoms with Crippen molar-refractivity contribution in [3.63, 3.8) is 0 Å². The lowest BCUT2D eigenvalue weighted by Crippen LogP contribution is -2.24. The molecule has 0 spiro atoms. The maximum absolute atomic E-state index is 13.7. The van der Waals surface area contributed by atoms with Gasteiger partial charge in [-0.1, -0.05) is 123 Å². The van der Waals surface area contributed by atoms with E-state index in [0.29, 0.717) is 10.8 Å². The number of hydrogen-bond donors (Lipinski definition) is 1. The standard InChI is InChI=1S/C30H46N2O2S/c1-8-9-10-11-12-16-19-29(25-17-14-13-15-18-25)31-32-35(33,34)30-27(23(4)5)20-26(22(2)3)21-28(30)24(6)7/h13-15,17-18,20-24,32H,8-12,16,19H2,1-7H3/b31-29+. The second kappa shape index (κ2) is 13.8. The van der Waals surface area contributed by atoms with Gasteiger partial charge in [0.1, 0.15) is 0 Å². The molecule has 0 radical (unpaired) electrons. The summed E-state index contributed by atoms with van der Waals surface area (Å²) in [7, 11) is -3.84. The number of hydrazone groups is 1. The van der Waals surface area contributed by atoms with Crippen LogP contribution in [-0.2, 0) is 10.0 Å². The molecule has 0 aliphatic heterocycles. The SMILES string of the molecule is CCCCCCCC/C(=N\NS(=O)(=O)c1c(C(C)C)cc(C(C)C)cc1C(C)C)c1ccccc1. The fraction of sp³-hybridized carbons (Fsp3) is 0.567. The molecule has 0 saturated heterocycles. The second-order valence-corrected chi connectivity index (χ2v) is 12.1. The summed E-state index contributed by atoms with van der Waals surface area (Å²) in [4.78, 5) is 3.03. The van der Waals surface area contributed by atoms with Crippen LogP contribution in [0.25, 0.3) is 0 Å². The van der Waals surface area contributed by atoms with Crippen molar-refractivity contribution in [1.82, 2.24) is 4.83 Å². The zero-order valence-electron chi connectivity index (χ0n) is 22.9. The van der Waals surface area contributed by atoms with Gasteiger partial charge in [0, 0.05) is 0 Å². The van der Waals surface area contributed by atoms with Crippen molar-refractivity contribution in [1.29, 1.82) is 0 Å². The van der Waals surface area contributed by atoms with Gasteiger partial charge >= 0.3 is 0 Å². The molecule has 0 heterocycles. The third-order valence-corrected chi connectivity index (χ3v) is 7.86. The second-order valence-electron chi connectivity index (χ2n) is 10.5. The largest absolute Gasteiger partial charge is 0.277 e. The van der Waals surface area contributed by atoms with Gasteiger partial charge in [-0.25, -0.2) is 0 Å². The minimum atomic E-state index is -3.84. The zero-order valence-corrected chi connectivity index (χ0v) is 23.7. The Labute approximate surface area is 214 Å². The Hall–Kier alpha value is -2.14. The molecule has 2 aromatic carbocycles. The van der Waals surface area contributed by atoms with E-state index in [1.165, 1.54) is 31.2 Å². The van der Waals surface area contributed by atoms with E-state index in [1.807, 2.05) is 30.3 Å². The Morgan fingerprint density at radius 2 is 1.34 bits per heavy atom. The van der Waals surface area contributed by atoms with Gasteiger partial charge in [-0.05, 0) is 52.8 Å². The van der Waals surface area contributed by atoms with Crippen molar-refractivity contribution in [2.24, 2.45) is 5.10 Å². The molecule has 35 heavy (non-hydrogen) atoms. The van der Waals surface area contributed by atoms with E-state index in [2.05, 4.69) is 70.5 Å². The van der Waals surface area contributed by atoms with Gasteiger partial charge in [-0.3, -0.25) is 0 Å². The molecule has 0 aliphatic carbocycles. The summed E-state index contributed by atoms with van der Waals surface area (Å²) < 4.78 is 27.5. The van der Waals surface area contributed by atoms with Crippen LogP contribution in [-0.4, -0.2) is 14.1 Å². The van der Waals surface area contributed by atoms with E-state index in [9.17, 15) is 8.42 Å². The van der Waals surface area contributed by atoms with Gasteiger partial charge in [-0.2, -0.15) is 18.4 Å². The molecule has 1 N–H and O–H groups in total. The molecule has 4 nitrogen and oxygen atoms in total.